The molecule has 2 N–H and O–H groups in total. The highest BCUT2D eigenvalue weighted by Crippen LogP contribution is 2.55. The maximum absolute atomic E-state index is 14.4. The Kier molecular flexibility index (Phi) is 9.45. The summed E-state index contributed by atoms with van der Waals surface area (Å²) in [5, 5.41) is 6.83. The standard InChI is InChI=1S/C38H47ClN4O4/c1-25-13-14-29(24-30(25)39)41-35(44)32-31-15-18-38(47-31)33(32)37(46)43(34(38)36(45)40-28-11-6-3-7-12-28)20-8-19-42-21-16-27(17-22-42)23-26-9-4-2-5-10-26/h2,4-5,9-10,13-15,18,24,27-28,31-34H,3,6-8,11-12,16-17,19-23H2,1H3,(H,40,45)(H,41,44). The molecule has 0 radical (unpaired) electrons. The van der Waals surface area contributed by atoms with E-state index in [0.29, 0.717) is 23.2 Å². The number of piperidine rings is 1. The molecule has 250 valence electrons. The number of aryl methyl sites for hydroxylation is 1. The second-order valence-electron chi connectivity index (χ2n) is 14.4. The summed E-state index contributed by atoms with van der Waals surface area (Å²) in [6, 6.07) is 15.4. The minimum absolute atomic E-state index is 0.105. The molecule has 7 rings (SSSR count). The number of halogens is 1. The van der Waals surface area contributed by atoms with E-state index in [-0.39, 0.29) is 23.8 Å². The van der Waals surface area contributed by atoms with Gasteiger partial charge in [-0.3, -0.25) is 14.4 Å². The number of hydrogen-bond acceptors (Lipinski definition) is 5. The van der Waals surface area contributed by atoms with Crippen molar-refractivity contribution >= 4 is 35.0 Å². The largest absolute Gasteiger partial charge is 0.359 e. The molecule has 5 aliphatic rings. The quantitative estimate of drug-likeness (QED) is 0.328. The maximum Gasteiger partial charge on any atom is 0.246 e. The van der Waals surface area contributed by atoms with E-state index in [9.17, 15) is 14.4 Å². The Morgan fingerprint density at radius 2 is 1.74 bits per heavy atom. The van der Waals surface area contributed by atoms with Crippen LogP contribution >= 0.6 is 11.6 Å². The summed E-state index contributed by atoms with van der Waals surface area (Å²) in [6.07, 6.45) is 12.7. The first kappa shape index (κ1) is 32.4. The van der Waals surface area contributed by atoms with Crippen molar-refractivity contribution in [2.24, 2.45) is 17.8 Å². The van der Waals surface area contributed by atoms with Gasteiger partial charge in [-0.15, -0.1) is 0 Å². The zero-order chi connectivity index (χ0) is 32.5. The van der Waals surface area contributed by atoms with Crippen LogP contribution in [0.3, 0.4) is 0 Å². The Balaban J connectivity index is 1.04. The fourth-order valence-corrected chi connectivity index (χ4v) is 8.94. The number of nitrogens with zero attached hydrogens (tertiary/aromatic N) is 2. The van der Waals surface area contributed by atoms with Gasteiger partial charge in [-0.05, 0) is 94.3 Å². The van der Waals surface area contributed by atoms with Gasteiger partial charge in [0, 0.05) is 23.3 Å². The van der Waals surface area contributed by atoms with Crippen LogP contribution in [0.2, 0.25) is 5.02 Å². The van der Waals surface area contributed by atoms with Crippen molar-refractivity contribution in [2.75, 3.05) is 31.5 Å². The van der Waals surface area contributed by atoms with Crippen molar-refractivity contribution in [3.8, 4) is 0 Å². The van der Waals surface area contributed by atoms with Crippen molar-refractivity contribution < 1.29 is 19.1 Å². The molecule has 2 aromatic rings. The zero-order valence-corrected chi connectivity index (χ0v) is 28.1. The minimum atomic E-state index is -1.15. The number of likely N-dealkylation sites (tertiary alicyclic amines) is 2. The number of rotatable bonds is 10. The van der Waals surface area contributed by atoms with Gasteiger partial charge >= 0.3 is 0 Å². The number of carbonyl (C=O) groups is 3. The number of hydrogen-bond donors (Lipinski definition) is 2. The highest BCUT2D eigenvalue weighted by Gasteiger charge is 2.72. The number of anilines is 1. The third-order valence-corrected chi connectivity index (χ3v) is 11.7. The van der Waals surface area contributed by atoms with Gasteiger partial charge in [0.1, 0.15) is 11.6 Å². The van der Waals surface area contributed by atoms with Crippen LogP contribution in [0.25, 0.3) is 0 Å². The zero-order valence-electron chi connectivity index (χ0n) is 27.3. The first-order valence-electron chi connectivity index (χ1n) is 17.6. The smallest absolute Gasteiger partial charge is 0.246 e. The van der Waals surface area contributed by atoms with E-state index in [4.69, 9.17) is 16.3 Å². The van der Waals surface area contributed by atoms with Crippen LogP contribution < -0.4 is 10.6 Å². The molecule has 3 amide bonds. The molecule has 4 heterocycles. The van der Waals surface area contributed by atoms with E-state index in [1.54, 1.807) is 11.0 Å². The third kappa shape index (κ3) is 6.49. The average molecular weight is 659 g/mol. The first-order valence-corrected chi connectivity index (χ1v) is 18.0. The maximum atomic E-state index is 14.4. The van der Waals surface area contributed by atoms with Gasteiger partial charge in [0.25, 0.3) is 0 Å². The predicted molar refractivity (Wildman–Crippen MR) is 183 cm³/mol. The molecule has 1 aliphatic carbocycles. The van der Waals surface area contributed by atoms with Crippen molar-refractivity contribution in [3.05, 3.63) is 76.8 Å². The normalized spacial score (nSPS) is 29.3. The molecule has 8 nitrogen and oxygen atoms in total. The third-order valence-electron chi connectivity index (χ3n) is 11.3. The Bertz CT molecular complexity index is 1500. The van der Waals surface area contributed by atoms with Crippen molar-refractivity contribution in [1.82, 2.24) is 15.1 Å². The van der Waals surface area contributed by atoms with Gasteiger partial charge in [0.15, 0.2) is 0 Å². The lowest BCUT2D eigenvalue weighted by Gasteiger charge is -2.35. The Morgan fingerprint density at radius 1 is 0.979 bits per heavy atom. The summed E-state index contributed by atoms with van der Waals surface area (Å²) in [5.41, 5.74) is 1.75. The Hall–Kier alpha value is -3.20. The van der Waals surface area contributed by atoms with E-state index in [2.05, 4.69) is 45.9 Å². The molecular formula is C38H47ClN4O4. The van der Waals surface area contributed by atoms with Crippen LogP contribution in [0.5, 0.6) is 0 Å². The lowest BCUT2D eigenvalue weighted by Crippen LogP contribution is -2.56. The highest BCUT2D eigenvalue weighted by atomic mass is 35.5. The summed E-state index contributed by atoms with van der Waals surface area (Å²) < 4.78 is 6.55. The summed E-state index contributed by atoms with van der Waals surface area (Å²) in [5.74, 6) is -1.40. The number of ether oxygens (including phenoxy) is 1. The van der Waals surface area contributed by atoms with E-state index in [1.165, 1.54) is 12.0 Å². The number of amides is 3. The Labute approximate surface area is 283 Å². The molecular weight excluding hydrogens is 612 g/mol. The van der Waals surface area contributed by atoms with E-state index < -0.39 is 29.6 Å². The lowest BCUT2D eigenvalue weighted by molar-refractivity contribution is -0.141. The number of benzene rings is 2. The topological polar surface area (TPSA) is 91.0 Å². The fourth-order valence-electron chi connectivity index (χ4n) is 8.76. The molecule has 5 atom stereocenters. The minimum Gasteiger partial charge on any atom is -0.359 e. The Morgan fingerprint density at radius 3 is 2.49 bits per heavy atom. The first-order chi connectivity index (χ1) is 22.8. The SMILES string of the molecule is Cc1ccc(NC(=O)C2C3C=CC4(O3)C2C(=O)N(CCCN2CCC(Cc3ccccc3)CC2)C4C(=O)NC2CCCCC2)cc1Cl. The molecule has 0 aromatic heterocycles. The summed E-state index contributed by atoms with van der Waals surface area (Å²) in [4.78, 5) is 46.5. The van der Waals surface area contributed by atoms with Crippen molar-refractivity contribution in [3.63, 3.8) is 0 Å². The van der Waals surface area contributed by atoms with Crippen molar-refractivity contribution in [2.45, 2.75) is 88.5 Å². The van der Waals surface area contributed by atoms with Crippen LogP contribution in [0.15, 0.2) is 60.7 Å². The molecule has 2 bridgehead atoms. The molecule has 4 aliphatic heterocycles. The van der Waals surface area contributed by atoms with Gasteiger partial charge < -0.3 is 25.2 Å². The number of fused-ring (bicyclic) bond motifs is 1. The molecule has 9 heteroatoms. The van der Waals surface area contributed by atoms with E-state index in [1.807, 2.05) is 31.2 Å². The fraction of sp³-hybridized carbons (Fsp3) is 0.553. The number of carbonyl (C=O) groups excluding carboxylic acids is 3. The van der Waals surface area contributed by atoms with E-state index >= 15 is 0 Å². The van der Waals surface area contributed by atoms with Gasteiger partial charge in [-0.2, -0.15) is 0 Å². The van der Waals surface area contributed by atoms with Crippen LogP contribution in [-0.2, 0) is 25.5 Å². The molecule has 2 aromatic carbocycles. The van der Waals surface area contributed by atoms with Gasteiger partial charge in [-0.1, -0.05) is 79.4 Å². The van der Waals surface area contributed by atoms with E-state index in [0.717, 1.165) is 76.6 Å². The highest BCUT2D eigenvalue weighted by molar-refractivity contribution is 6.31. The molecule has 5 unspecified atom stereocenters. The second kappa shape index (κ2) is 13.7. The molecule has 1 spiro atoms. The van der Waals surface area contributed by atoms with Gasteiger partial charge in [-0.25, -0.2) is 0 Å². The van der Waals surface area contributed by atoms with Crippen LogP contribution in [0, 0.1) is 24.7 Å². The van der Waals surface area contributed by atoms with Crippen LogP contribution in [-0.4, -0.2) is 77.5 Å². The number of nitrogens with one attached hydrogen (secondary N) is 2. The van der Waals surface area contributed by atoms with Crippen molar-refractivity contribution in [1.29, 1.82) is 0 Å². The summed E-state index contributed by atoms with van der Waals surface area (Å²) in [7, 11) is 0. The molecule has 1 saturated carbocycles. The van der Waals surface area contributed by atoms with Gasteiger partial charge in [0.05, 0.1) is 17.9 Å². The molecule has 3 saturated heterocycles. The lowest BCUT2D eigenvalue weighted by atomic mass is 9.74. The van der Waals surface area contributed by atoms with Gasteiger partial charge in [0.2, 0.25) is 17.7 Å². The molecule has 4 fully saturated rings. The molecule has 47 heavy (non-hydrogen) atoms. The summed E-state index contributed by atoms with van der Waals surface area (Å²) in [6.45, 7) is 5.32. The predicted octanol–water partition coefficient (Wildman–Crippen LogP) is 5.53. The average Bonchev–Trinajstić information content (AvgIpc) is 3.72. The van der Waals surface area contributed by atoms with Crippen LogP contribution in [0.4, 0.5) is 5.69 Å². The van der Waals surface area contributed by atoms with Crippen LogP contribution in [0.1, 0.15) is 62.5 Å². The summed E-state index contributed by atoms with van der Waals surface area (Å²) >= 11 is 6.33. The second-order valence-corrected chi connectivity index (χ2v) is 14.8. The monoisotopic (exact) mass is 658 g/mol.